The predicted octanol–water partition coefficient (Wildman–Crippen LogP) is 9.61. The number of aldehydes is 1. The van der Waals surface area contributed by atoms with Crippen molar-refractivity contribution < 1.29 is 59.6 Å². The van der Waals surface area contributed by atoms with Gasteiger partial charge in [-0.15, -0.1) is 10.2 Å². The van der Waals surface area contributed by atoms with Crippen LogP contribution in [-0.2, 0) is 24.4 Å². The molecule has 8 heterocycles. The van der Waals surface area contributed by atoms with Crippen LogP contribution in [0, 0.1) is 17.0 Å². The number of hydrogen-bond acceptors (Lipinski definition) is 18. The Morgan fingerprint density at radius 1 is 0.693 bits per heavy atom. The van der Waals surface area contributed by atoms with Gasteiger partial charge < -0.3 is 44.9 Å². The summed E-state index contributed by atoms with van der Waals surface area (Å²) in [6, 6.07) is 11.2. The lowest BCUT2D eigenvalue weighted by molar-refractivity contribution is -0.156. The van der Waals surface area contributed by atoms with Gasteiger partial charge in [0, 0.05) is 98.0 Å². The van der Waals surface area contributed by atoms with Gasteiger partial charge in [-0.1, -0.05) is 20.8 Å². The number of hydrogen-bond donors (Lipinski definition) is 3. The number of fused-ring (bicyclic) bond motifs is 6. The van der Waals surface area contributed by atoms with E-state index < -0.39 is 42.0 Å². The fourth-order valence-corrected chi connectivity index (χ4v) is 11.7. The number of methoxy groups -OCH3 is 4. The predicted molar refractivity (Wildman–Crippen MR) is 314 cm³/mol. The molecule has 4 unspecified atom stereocenters. The number of carbonyl (C=O) groups excluding carboxylic acids is 1. The van der Waals surface area contributed by atoms with Crippen molar-refractivity contribution in [3.63, 3.8) is 0 Å². The molecule has 4 atom stereocenters. The van der Waals surface area contributed by atoms with Crippen molar-refractivity contribution >= 4 is 62.7 Å². The Balaban J connectivity index is 0.000000181. The molecule has 0 amide bonds. The second-order valence-electron chi connectivity index (χ2n) is 22.9. The van der Waals surface area contributed by atoms with Gasteiger partial charge in [0.15, 0.2) is 46.1 Å². The van der Waals surface area contributed by atoms with E-state index in [4.69, 9.17) is 44.5 Å². The zero-order valence-electron chi connectivity index (χ0n) is 48.3. The summed E-state index contributed by atoms with van der Waals surface area (Å²) >= 11 is 0. The number of benzene rings is 3. The molecule has 13 rings (SSSR count). The number of anilines is 4. The second-order valence-corrected chi connectivity index (χ2v) is 22.9. The highest BCUT2D eigenvalue weighted by Gasteiger charge is 2.38. The monoisotopic (exact) mass is 1230 g/mol. The molecule has 470 valence electrons. The Kier molecular flexibility index (Phi) is 17.8. The molecular formula is C59H69F7N16O6. The highest BCUT2D eigenvalue weighted by molar-refractivity contribution is 5.94. The second kappa shape index (κ2) is 25.1. The van der Waals surface area contributed by atoms with Gasteiger partial charge in [0.2, 0.25) is 18.2 Å². The van der Waals surface area contributed by atoms with Gasteiger partial charge in [0.05, 0.1) is 75.4 Å². The average molecular weight is 1230 g/mol. The van der Waals surface area contributed by atoms with E-state index in [2.05, 4.69) is 37.5 Å². The lowest BCUT2D eigenvalue weighted by atomic mass is 9.70. The first-order chi connectivity index (χ1) is 41.6. The summed E-state index contributed by atoms with van der Waals surface area (Å²) in [5.41, 5.74) is 9.91. The van der Waals surface area contributed by atoms with E-state index in [1.54, 1.807) is 41.7 Å². The molecule has 0 bridgehead atoms. The summed E-state index contributed by atoms with van der Waals surface area (Å²) < 4.78 is 119. The number of nitrogens with zero attached hydrogens (tertiary/aromatic N) is 14. The van der Waals surface area contributed by atoms with Crippen molar-refractivity contribution in [3.05, 3.63) is 96.1 Å². The SMILES string of the molecule is C.COc1cc2nc(N)n3nc(C4CC(F)CN(c5cnn(CC6(O)CCC6)c5)C4)nc3c2cc1F.COc1ccc(CNc2nc3cc(OC)c(F)cc3c3nc(C4CC(F)CN(c5cnn(CC6(C)CCC6)c5)C4)nn23)c(OC)c1.O=CC(F)(F)F. The number of aliphatic hydroxyl groups is 1. The Morgan fingerprint density at radius 2 is 1.20 bits per heavy atom. The molecule has 2 saturated carbocycles. The molecule has 88 heavy (non-hydrogen) atoms. The Bertz CT molecular complexity index is 3960. The molecule has 4 N–H and O–H groups in total. The van der Waals surface area contributed by atoms with Crippen LogP contribution in [0.5, 0.6) is 23.0 Å². The third-order valence-electron chi connectivity index (χ3n) is 16.6. The number of piperidine rings is 2. The molecule has 22 nitrogen and oxygen atoms in total. The van der Waals surface area contributed by atoms with Crippen molar-refractivity contribution in [3.8, 4) is 23.0 Å². The van der Waals surface area contributed by atoms with Crippen molar-refractivity contribution in [2.24, 2.45) is 5.41 Å². The maximum Gasteiger partial charge on any atom is 0.446 e. The fourth-order valence-electron chi connectivity index (χ4n) is 11.7. The minimum absolute atomic E-state index is 0. The average Bonchev–Trinajstić information content (AvgIpc) is 1.62. The molecule has 2 aliphatic heterocycles. The number of nitrogen functional groups attached to an aromatic ring is 1. The molecule has 29 heteroatoms. The summed E-state index contributed by atoms with van der Waals surface area (Å²) in [7, 11) is 5.98. The number of halogens is 7. The van der Waals surface area contributed by atoms with Crippen molar-refractivity contribution in [2.75, 3.05) is 75.5 Å². The van der Waals surface area contributed by atoms with Crippen LogP contribution in [-0.4, -0.2) is 149 Å². The first kappa shape index (κ1) is 62.3. The van der Waals surface area contributed by atoms with Crippen LogP contribution in [0.1, 0.15) is 94.8 Å². The summed E-state index contributed by atoms with van der Waals surface area (Å²) in [5, 5.41) is 33.0. The summed E-state index contributed by atoms with van der Waals surface area (Å²) in [5.74, 6) is 1.14. The first-order valence-corrected chi connectivity index (χ1v) is 28.3. The minimum Gasteiger partial charge on any atom is -0.497 e. The van der Waals surface area contributed by atoms with E-state index in [0.29, 0.717) is 88.4 Å². The molecule has 9 aromatic rings. The van der Waals surface area contributed by atoms with E-state index in [1.807, 2.05) is 45.2 Å². The lowest BCUT2D eigenvalue weighted by Gasteiger charge is -2.38. The number of nitrogens with two attached hydrogens (primary N) is 1. The Labute approximate surface area is 500 Å². The van der Waals surface area contributed by atoms with Crippen molar-refractivity contribution in [1.29, 1.82) is 0 Å². The molecule has 3 aromatic carbocycles. The largest absolute Gasteiger partial charge is 0.497 e. The maximum absolute atomic E-state index is 15.3. The lowest BCUT2D eigenvalue weighted by Crippen LogP contribution is -2.41. The van der Waals surface area contributed by atoms with Gasteiger partial charge in [-0.25, -0.2) is 37.5 Å². The fraction of sp³-hybridized carbons (Fsp3) is 0.475. The smallest absolute Gasteiger partial charge is 0.446 e. The normalized spacial score (nSPS) is 19.6. The number of nitrogens with one attached hydrogen (secondary N) is 1. The zero-order valence-corrected chi connectivity index (χ0v) is 48.3. The zero-order chi connectivity index (χ0) is 61.5. The third-order valence-corrected chi connectivity index (χ3v) is 16.6. The van der Waals surface area contributed by atoms with E-state index in [0.717, 1.165) is 42.7 Å². The molecule has 4 aliphatic rings. The van der Waals surface area contributed by atoms with Crippen LogP contribution < -0.4 is 39.8 Å². The van der Waals surface area contributed by atoms with Gasteiger partial charge >= 0.3 is 6.18 Å². The standard InChI is InChI=1S/C33H38F2N8O3.C23H26F2N8O2.C2HF3O.CH4/c1-33(8-5-9-33)19-42-18-23(15-37-42)41-16-21(10-22(34)17-41)30-39-31-25-12-26(35)29(46-4)13-27(25)38-32(43(31)40-30)36-14-20-6-7-24(44-2)11-28(20)45-3;1-35-19-7-18-16(6-17(19)25)21-29-20(30-33(21)22(26)28-18)13-5-14(24)10-31(9-13)15-8-27-32(11-15)12-23(34)3-2-4-23;3-2(4,5)1-6;/h6-7,11-13,15,18,21-22H,5,8-10,14,16-17,19H2,1-4H3,(H,36,38);6-8,11,13-14,34H,2-5,9-10,12H2,1H3,(H2,26,28);1H;1H4. The number of carbonyl (C=O) groups is 1. The molecule has 6 aromatic heterocycles. The minimum atomic E-state index is -4.64. The van der Waals surface area contributed by atoms with Gasteiger partial charge in [0.25, 0.3) is 0 Å². The highest BCUT2D eigenvalue weighted by Crippen LogP contribution is 2.42. The molecular weight excluding hydrogens is 1160 g/mol. The van der Waals surface area contributed by atoms with E-state index in [1.165, 1.54) is 56.2 Å². The van der Waals surface area contributed by atoms with Crippen LogP contribution in [0.25, 0.3) is 33.1 Å². The van der Waals surface area contributed by atoms with E-state index in [-0.39, 0.29) is 68.1 Å². The summed E-state index contributed by atoms with van der Waals surface area (Å²) in [4.78, 5) is 31.2. The van der Waals surface area contributed by atoms with Crippen LogP contribution in [0.2, 0.25) is 0 Å². The number of ether oxygens (including phenoxy) is 4. The maximum atomic E-state index is 15.3. The van der Waals surface area contributed by atoms with Crippen LogP contribution in [0.15, 0.2) is 67.3 Å². The number of aromatic nitrogens is 12. The van der Waals surface area contributed by atoms with Gasteiger partial charge in [-0.05, 0) is 74.6 Å². The van der Waals surface area contributed by atoms with E-state index in [9.17, 15) is 31.4 Å². The Morgan fingerprint density at radius 3 is 1.69 bits per heavy atom. The molecule has 4 fully saturated rings. The van der Waals surface area contributed by atoms with Crippen LogP contribution in [0.3, 0.4) is 0 Å². The summed E-state index contributed by atoms with van der Waals surface area (Å²) in [6.45, 7) is 5.45. The van der Waals surface area contributed by atoms with Crippen molar-refractivity contribution in [2.45, 2.75) is 121 Å². The van der Waals surface area contributed by atoms with Crippen LogP contribution >= 0.6 is 0 Å². The quantitative estimate of drug-likeness (QED) is 0.0639. The third kappa shape index (κ3) is 13.2. The van der Waals surface area contributed by atoms with Gasteiger partial charge in [-0.2, -0.15) is 32.4 Å². The topological polar surface area (TPSA) is 241 Å². The van der Waals surface area contributed by atoms with Crippen molar-refractivity contribution in [1.82, 2.24) is 58.7 Å². The first-order valence-electron chi connectivity index (χ1n) is 28.3. The number of alkyl halides is 5. The highest BCUT2D eigenvalue weighted by atomic mass is 19.4. The molecule has 2 aliphatic carbocycles. The molecule has 0 spiro atoms. The molecule has 2 saturated heterocycles. The van der Waals surface area contributed by atoms with Crippen LogP contribution in [0.4, 0.5) is 54.0 Å². The van der Waals surface area contributed by atoms with E-state index >= 15 is 4.39 Å². The summed E-state index contributed by atoms with van der Waals surface area (Å²) in [6.07, 6.45) is 6.24. The Hall–Kier alpha value is -8.76. The number of rotatable bonds is 15. The van der Waals surface area contributed by atoms with Gasteiger partial charge in [0.1, 0.15) is 23.8 Å². The van der Waals surface area contributed by atoms with Gasteiger partial charge in [-0.3, -0.25) is 14.2 Å². The molecule has 0 radical (unpaired) electrons.